The van der Waals surface area contributed by atoms with Crippen molar-refractivity contribution in [2.45, 2.75) is 20.3 Å². The number of benzene rings is 2. The van der Waals surface area contributed by atoms with Crippen molar-refractivity contribution in [2.75, 3.05) is 25.1 Å². The summed E-state index contributed by atoms with van der Waals surface area (Å²) in [6.45, 7) is 5.49. The fourth-order valence-electron chi connectivity index (χ4n) is 3.04. The van der Waals surface area contributed by atoms with E-state index >= 15 is 0 Å². The van der Waals surface area contributed by atoms with Gasteiger partial charge in [-0.15, -0.1) is 0 Å². The highest BCUT2D eigenvalue weighted by Gasteiger charge is 2.21. The van der Waals surface area contributed by atoms with Crippen LogP contribution >= 0.6 is 11.6 Å². The van der Waals surface area contributed by atoms with Crippen molar-refractivity contribution < 1.29 is 9.47 Å². The fourth-order valence-corrected chi connectivity index (χ4v) is 3.16. The number of anilines is 1. The highest BCUT2D eigenvalue weighted by molar-refractivity contribution is 6.30. The van der Waals surface area contributed by atoms with Crippen molar-refractivity contribution in [3.05, 3.63) is 73.5 Å². The summed E-state index contributed by atoms with van der Waals surface area (Å²) in [6.07, 6.45) is 0.672. The Morgan fingerprint density at radius 1 is 0.893 bits per heavy atom. The van der Waals surface area contributed by atoms with E-state index < -0.39 is 10.9 Å². The summed E-state index contributed by atoms with van der Waals surface area (Å²) in [5, 5.41) is 3.69. The lowest BCUT2D eigenvalue weighted by Gasteiger charge is -2.15. The lowest BCUT2D eigenvalue weighted by atomic mass is 9.98. The van der Waals surface area contributed by atoms with Gasteiger partial charge in [0.15, 0.2) is 11.5 Å². The Balaban J connectivity index is 1.70. The summed E-state index contributed by atoms with van der Waals surface area (Å²) < 4.78 is 11.2. The Morgan fingerprint density at radius 2 is 1.57 bits per heavy atom. The molecule has 5 nitrogen and oxygen atoms in total. The summed E-state index contributed by atoms with van der Waals surface area (Å²) in [5.74, 6) is 1.42. The smallest absolute Gasteiger partial charge is 0.250 e. The molecular weight excluding hydrogens is 378 g/mol. The van der Waals surface area contributed by atoms with Gasteiger partial charge in [-0.05, 0) is 55.7 Å². The van der Waals surface area contributed by atoms with Gasteiger partial charge in [-0.1, -0.05) is 29.8 Å². The molecule has 0 saturated heterocycles. The van der Waals surface area contributed by atoms with Crippen molar-refractivity contribution >= 4 is 17.3 Å². The molecule has 0 radical (unpaired) electrons. The zero-order chi connectivity index (χ0) is 20.1. The van der Waals surface area contributed by atoms with E-state index in [-0.39, 0.29) is 0 Å². The Labute approximate surface area is 168 Å². The zero-order valence-corrected chi connectivity index (χ0v) is 16.6. The van der Waals surface area contributed by atoms with E-state index in [0.29, 0.717) is 59.5 Å². The monoisotopic (exact) mass is 399 g/mol. The van der Waals surface area contributed by atoms with Gasteiger partial charge in [0.2, 0.25) is 10.9 Å². The van der Waals surface area contributed by atoms with Gasteiger partial charge in [0.1, 0.15) is 0 Å². The molecule has 0 atom stereocenters. The molecule has 0 unspecified atom stereocenters. The third kappa shape index (κ3) is 4.20. The minimum Gasteiger partial charge on any atom is -0.490 e. The van der Waals surface area contributed by atoms with Crippen LogP contribution in [0.5, 0.6) is 11.5 Å². The van der Waals surface area contributed by atoms with Crippen LogP contribution < -0.4 is 25.6 Å². The molecule has 28 heavy (non-hydrogen) atoms. The standard InChI is InChI=1S/C22H22ClNO4/c1-3-27-17-10-5-14(13-18(17)28-4-2)11-12-24-20-19(21(25)22(20)26)15-6-8-16(23)9-7-15/h5-10,13,24H,3-4,11-12H2,1-2H3. The van der Waals surface area contributed by atoms with E-state index in [1.165, 1.54) is 0 Å². The van der Waals surface area contributed by atoms with Gasteiger partial charge in [0.05, 0.1) is 24.5 Å². The molecule has 0 aliphatic rings. The number of halogens is 1. The molecule has 0 heterocycles. The van der Waals surface area contributed by atoms with Gasteiger partial charge in [-0.25, -0.2) is 0 Å². The third-order valence-electron chi connectivity index (χ3n) is 4.37. The first-order valence-electron chi connectivity index (χ1n) is 9.26. The van der Waals surface area contributed by atoms with E-state index in [2.05, 4.69) is 5.32 Å². The molecule has 3 aromatic rings. The summed E-state index contributed by atoms with van der Waals surface area (Å²) in [4.78, 5) is 24.0. The fraction of sp³-hybridized carbons (Fsp3) is 0.273. The molecule has 0 aliphatic heterocycles. The number of hydrogen-bond donors (Lipinski definition) is 1. The molecule has 0 spiro atoms. The van der Waals surface area contributed by atoms with Crippen LogP contribution in [0.2, 0.25) is 5.02 Å². The predicted octanol–water partition coefficient (Wildman–Crippen LogP) is 4.06. The summed E-state index contributed by atoms with van der Waals surface area (Å²) in [7, 11) is 0. The second-order valence-electron chi connectivity index (χ2n) is 6.24. The van der Waals surface area contributed by atoms with Crippen molar-refractivity contribution in [3.63, 3.8) is 0 Å². The molecule has 0 bridgehead atoms. The Morgan fingerprint density at radius 3 is 2.25 bits per heavy atom. The first-order chi connectivity index (χ1) is 13.5. The number of hydrogen-bond acceptors (Lipinski definition) is 5. The first kappa shape index (κ1) is 20.0. The van der Waals surface area contributed by atoms with Gasteiger partial charge in [0.25, 0.3) is 0 Å². The van der Waals surface area contributed by atoms with Gasteiger partial charge >= 0.3 is 0 Å². The van der Waals surface area contributed by atoms with Crippen LogP contribution in [0.3, 0.4) is 0 Å². The minimum atomic E-state index is -0.480. The maximum Gasteiger partial charge on any atom is 0.250 e. The average molecular weight is 400 g/mol. The average Bonchev–Trinajstić information content (AvgIpc) is 2.70. The molecular formula is C22H22ClNO4. The maximum atomic E-state index is 12.0. The van der Waals surface area contributed by atoms with Crippen molar-refractivity contribution in [1.82, 2.24) is 0 Å². The first-order valence-corrected chi connectivity index (χ1v) is 9.64. The van der Waals surface area contributed by atoms with E-state index in [1.54, 1.807) is 24.3 Å². The zero-order valence-electron chi connectivity index (χ0n) is 15.9. The maximum absolute atomic E-state index is 12.0. The molecule has 0 fully saturated rings. The molecule has 146 valence electrons. The largest absolute Gasteiger partial charge is 0.490 e. The quantitative estimate of drug-likeness (QED) is 0.550. The molecule has 3 rings (SSSR count). The lowest BCUT2D eigenvalue weighted by molar-refractivity contribution is 0.287. The molecule has 0 amide bonds. The molecule has 0 aromatic heterocycles. The van der Waals surface area contributed by atoms with Gasteiger partial charge in [-0.2, -0.15) is 0 Å². The van der Waals surface area contributed by atoms with E-state index in [0.717, 1.165) is 5.56 Å². The van der Waals surface area contributed by atoms with Crippen LogP contribution in [0.15, 0.2) is 52.1 Å². The number of nitrogens with one attached hydrogen (secondary N) is 1. The normalized spacial score (nSPS) is 10.8. The second-order valence-corrected chi connectivity index (χ2v) is 6.68. The summed E-state index contributed by atoms with van der Waals surface area (Å²) in [6, 6.07) is 12.7. The van der Waals surface area contributed by atoms with Crippen LogP contribution in [0.1, 0.15) is 19.4 Å². The van der Waals surface area contributed by atoms with Crippen LogP contribution in [-0.2, 0) is 6.42 Å². The van der Waals surface area contributed by atoms with Gasteiger partial charge in [-0.3, -0.25) is 9.59 Å². The van der Waals surface area contributed by atoms with Gasteiger partial charge < -0.3 is 14.8 Å². The molecule has 0 saturated carbocycles. The number of ether oxygens (including phenoxy) is 2. The number of rotatable bonds is 9. The predicted molar refractivity (Wildman–Crippen MR) is 113 cm³/mol. The molecule has 0 aliphatic carbocycles. The topological polar surface area (TPSA) is 64.6 Å². The van der Waals surface area contributed by atoms with E-state index in [9.17, 15) is 9.59 Å². The van der Waals surface area contributed by atoms with E-state index in [4.69, 9.17) is 21.1 Å². The molecule has 6 heteroatoms. The summed E-state index contributed by atoms with van der Waals surface area (Å²) >= 11 is 5.89. The Kier molecular flexibility index (Phi) is 6.37. The molecule has 1 N–H and O–H groups in total. The van der Waals surface area contributed by atoms with Gasteiger partial charge in [0, 0.05) is 11.6 Å². The van der Waals surface area contributed by atoms with Crippen LogP contribution in [0, 0.1) is 0 Å². The molecule has 3 aromatic carbocycles. The Bertz CT molecular complexity index is 1020. The van der Waals surface area contributed by atoms with Crippen LogP contribution in [0.25, 0.3) is 11.1 Å². The highest BCUT2D eigenvalue weighted by Crippen LogP contribution is 2.29. The van der Waals surface area contributed by atoms with Crippen molar-refractivity contribution in [3.8, 4) is 22.6 Å². The van der Waals surface area contributed by atoms with E-state index in [1.807, 2.05) is 32.0 Å². The summed E-state index contributed by atoms with van der Waals surface area (Å²) in [5.41, 5.74) is 1.57. The Hall–Kier alpha value is -2.79. The van der Waals surface area contributed by atoms with Crippen LogP contribution in [0.4, 0.5) is 5.69 Å². The second kappa shape index (κ2) is 8.93. The third-order valence-corrected chi connectivity index (χ3v) is 4.62. The minimum absolute atomic E-state index is 0.364. The van der Waals surface area contributed by atoms with Crippen molar-refractivity contribution in [1.29, 1.82) is 0 Å². The highest BCUT2D eigenvalue weighted by atomic mass is 35.5. The SMILES string of the molecule is CCOc1ccc(CCNc2c(-c3ccc(Cl)cc3)c(=O)c2=O)cc1OCC. The van der Waals surface area contributed by atoms with Crippen molar-refractivity contribution in [2.24, 2.45) is 0 Å². The lowest BCUT2D eigenvalue weighted by Crippen LogP contribution is -2.36. The van der Waals surface area contributed by atoms with Crippen LogP contribution in [-0.4, -0.2) is 19.8 Å².